The minimum atomic E-state index is -0.175. The van der Waals surface area contributed by atoms with Crippen molar-refractivity contribution in [3.63, 3.8) is 0 Å². The number of hydrogen-bond acceptors (Lipinski definition) is 2. The minimum absolute atomic E-state index is 0.0135. The number of carbonyl (C=O) groups excluding carboxylic acids is 1. The van der Waals surface area contributed by atoms with Crippen molar-refractivity contribution in [2.75, 3.05) is 13.2 Å². The molecule has 0 bridgehead atoms. The number of hydrogen-bond donors (Lipinski definition) is 2. The lowest BCUT2D eigenvalue weighted by atomic mass is 10.1. The second kappa shape index (κ2) is 7.69. The first-order valence-corrected chi connectivity index (χ1v) is 8.55. The van der Waals surface area contributed by atoms with Crippen LogP contribution in [-0.2, 0) is 13.0 Å². The molecule has 0 saturated heterocycles. The second-order valence-corrected chi connectivity index (χ2v) is 6.33. The Labute approximate surface area is 147 Å². The Kier molecular flexibility index (Phi) is 5.38. The number of halogens is 1. The second-order valence-electron chi connectivity index (χ2n) is 5.92. The van der Waals surface area contributed by atoms with Crippen LogP contribution in [0.3, 0.4) is 0 Å². The molecule has 0 saturated carbocycles. The SMILES string of the molecule is O=C(NCc1ccccc1Cl)N(CCO)C1CCc2ccccc21. The molecule has 4 nitrogen and oxygen atoms in total. The maximum atomic E-state index is 12.7. The molecule has 5 heteroatoms. The molecular formula is C19H21ClN2O2. The molecule has 0 aliphatic heterocycles. The molecule has 0 fully saturated rings. The van der Waals surface area contributed by atoms with E-state index in [4.69, 9.17) is 11.6 Å². The van der Waals surface area contributed by atoms with Crippen molar-refractivity contribution in [3.8, 4) is 0 Å². The number of benzene rings is 2. The summed E-state index contributed by atoms with van der Waals surface area (Å²) in [6.07, 6.45) is 1.85. The molecule has 0 heterocycles. The van der Waals surface area contributed by atoms with Crippen molar-refractivity contribution in [2.24, 2.45) is 0 Å². The first-order valence-electron chi connectivity index (χ1n) is 8.17. The molecule has 2 aromatic carbocycles. The average Bonchev–Trinajstić information content (AvgIpc) is 3.02. The number of nitrogens with zero attached hydrogens (tertiary/aromatic N) is 1. The van der Waals surface area contributed by atoms with Crippen LogP contribution in [0.1, 0.15) is 29.2 Å². The number of aliphatic hydroxyl groups excluding tert-OH is 1. The average molecular weight is 345 g/mol. The maximum absolute atomic E-state index is 12.7. The summed E-state index contributed by atoms with van der Waals surface area (Å²) in [6, 6.07) is 15.5. The fraction of sp³-hybridized carbons (Fsp3) is 0.316. The van der Waals surface area contributed by atoms with E-state index in [9.17, 15) is 9.90 Å². The van der Waals surface area contributed by atoms with Gasteiger partial charge in [0.25, 0.3) is 0 Å². The molecule has 0 aromatic heterocycles. The summed E-state index contributed by atoms with van der Waals surface area (Å²) in [5.74, 6) is 0. The van der Waals surface area contributed by atoms with E-state index in [-0.39, 0.29) is 18.7 Å². The van der Waals surface area contributed by atoms with Crippen LogP contribution in [0.25, 0.3) is 0 Å². The van der Waals surface area contributed by atoms with Gasteiger partial charge >= 0.3 is 6.03 Å². The lowest BCUT2D eigenvalue weighted by Gasteiger charge is -2.29. The van der Waals surface area contributed by atoms with E-state index in [2.05, 4.69) is 17.4 Å². The van der Waals surface area contributed by atoms with Crippen LogP contribution < -0.4 is 5.32 Å². The van der Waals surface area contributed by atoms with Crippen LogP contribution in [0.4, 0.5) is 4.79 Å². The molecule has 2 aromatic rings. The molecule has 1 aliphatic carbocycles. The summed E-state index contributed by atoms with van der Waals surface area (Å²) in [5.41, 5.74) is 3.34. The molecule has 2 amide bonds. The van der Waals surface area contributed by atoms with Crippen LogP contribution in [0.5, 0.6) is 0 Å². The summed E-state index contributed by atoms with van der Waals surface area (Å²) in [5, 5.41) is 12.9. The third-order valence-electron chi connectivity index (χ3n) is 4.47. The Bertz CT molecular complexity index is 720. The molecule has 0 radical (unpaired) electrons. The normalized spacial score (nSPS) is 15.8. The quantitative estimate of drug-likeness (QED) is 0.871. The van der Waals surface area contributed by atoms with Gasteiger partial charge in [0.1, 0.15) is 0 Å². The van der Waals surface area contributed by atoms with Crippen LogP contribution in [0.15, 0.2) is 48.5 Å². The Balaban J connectivity index is 1.72. The maximum Gasteiger partial charge on any atom is 0.318 e. The van der Waals surface area contributed by atoms with Gasteiger partial charge in [-0.2, -0.15) is 0 Å². The first-order chi connectivity index (χ1) is 11.7. The molecule has 126 valence electrons. The van der Waals surface area contributed by atoms with E-state index in [1.807, 2.05) is 36.4 Å². The van der Waals surface area contributed by atoms with Gasteiger partial charge in [0, 0.05) is 18.1 Å². The van der Waals surface area contributed by atoms with Gasteiger partial charge in [-0.25, -0.2) is 4.79 Å². The summed E-state index contributed by atoms with van der Waals surface area (Å²) < 4.78 is 0. The Morgan fingerprint density at radius 2 is 1.96 bits per heavy atom. The van der Waals surface area contributed by atoms with Gasteiger partial charge in [-0.1, -0.05) is 54.1 Å². The predicted octanol–water partition coefficient (Wildman–Crippen LogP) is 3.53. The van der Waals surface area contributed by atoms with Gasteiger partial charge in [-0.05, 0) is 35.6 Å². The molecule has 0 spiro atoms. The van der Waals surface area contributed by atoms with Crippen LogP contribution in [0, 0.1) is 0 Å². The van der Waals surface area contributed by atoms with Crippen molar-refractivity contribution in [1.82, 2.24) is 10.2 Å². The monoisotopic (exact) mass is 344 g/mol. The zero-order valence-electron chi connectivity index (χ0n) is 13.4. The molecule has 1 aliphatic rings. The van der Waals surface area contributed by atoms with Gasteiger partial charge in [0.05, 0.1) is 12.6 Å². The standard InChI is InChI=1S/C19H21ClN2O2/c20-17-8-4-2-6-15(17)13-21-19(24)22(11-12-23)18-10-9-14-5-1-3-7-16(14)18/h1-8,18,23H,9-13H2,(H,21,24). The molecular weight excluding hydrogens is 324 g/mol. The highest BCUT2D eigenvalue weighted by molar-refractivity contribution is 6.31. The van der Waals surface area contributed by atoms with Crippen molar-refractivity contribution in [2.45, 2.75) is 25.4 Å². The molecule has 2 N–H and O–H groups in total. The van der Waals surface area contributed by atoms with Crippen molar-refractivity contribution < 1.29 is 9.90 Å². The van der Waals surface area contributed by atoms with Gasteiger partial charge < -0.3 is 15.3 Å². The van der Waals surface area contributed by atoms with E-state index < -0.39 is 0 Å². The minimum Gasteiger partial charge on any atom is -0.395 e. The summed E-state index contributed by atoms with van der Waals surface area (Å²) in [7, 11) is 0. The predicted molar refractivity (Wildman–Crippen MR) is 95.0 cm³/mol. The number of aryl methyl sites for hydroxylation is 1. The Morgan fingerprint density at radius 1 is 1.21 bits per heavy atom. The van der Waals surface area contributed by atoms with Gasteiger partial charge in [0.2, 0.25) is 0 Å². The fourth-order valence-corrected chi connectivity index (χ4v) is 3.48. The number of carbonyl (C=O) groups is 1. The van der Waals surface area contributed by atoms with Crippen molar-refractivity contribution in [3.05, 3.63) is 70.2 Å². The largest absolute Gasteiger partial charge is 0.395 e. The lowest BCUT2D eigenvalue weighted by molar-refractivity contribution is 0.151. The van der Waals surface area contributed by atoms with Crippen molar-refractivity contribution >= 4 is 17.6 Å². The zero-order valence-corrected chi connectivity index (χ0v) is 14.2. The highest BCUT2D eigenvalue weighted by Gasteiger charge is 2.30. The molecule has 3 rings (SSSR count). The molecule has 1 atom stereocenters. The third-order valence-corrected chi connectivity index (χ3v) is 4.84. The molecule has 1 unspecified atom stereocenters. The lowest BCUT2D eigenvalue weighted by Crippen LogP contribution is -2.43. The number of fused-ring (bicyclic) bond motifs is 1. The Hall–Kier alpha value is -2.04. The highest BCUT2D eigenvalue weighted by Crippen LogP contribution is 2.35. The van der Waals surface area contributed by atoms with Crippen molar-refractivity contribution in [1.29, 1.82) is 0 Å². The van der Waals surface area contributed by atoms with Crippen LogP contribution in [0.2, 0.25) is 5.02 Å². The number of nitrogens with one attached hydrogen (secondary N) is 1. The summed E-state index contributed by atoms with van der Waals surface area (Å²) >= 11 is 6.14. The van der Waals surface area contributed by atoms with E-state index >= 15 is 0 Å². The van der Waals surface area contributed by atoms with Gasteiger partial charge in [0.15, 0.2) is 0 Å². The van der Waals surface area contributed by atoms with Crippen LogP contribution in [-0.4, -0.2) is 29.2 Å². The van der Waals surface area contributed by atoms with E-state index in [1.54, 1.807) is 4.90 Å². The molecule has 24 heavy (non-hydrogen) atoms. The van der Waals surface area contributed by atoms with Crippen LogP contribution >= 0.6 is 11.6 Å². The van der Waals surface area contributed by atoms with E-state index in [0.29, 0.717) is 18.1 Å². The third kappa shape index (κ3) is 3.55. The number of amides is 2. The van der Waals surface area contributed by atoms with E-state index in [1.165, 1.54) is 11.1 Å². The smallest absolute Gasteiger partial charge is 0.318 e. The van der Waals surface area contributed by atoms with Gasteiger partial charge in [-0.15, -0.1) is 0 Å². The summed E-state index contributed by atoms with van der Waals surface area (Å²) in [6.45, 7) is 0.625. The number of aliphatic hydroxyl groups is 1. The summed E-state index contributed by atoms with van der Waals surface area (Å²) in [4.78, 5) is 14.4. The number of urea groups is 1. The number of rotatable bonds is 5. The zero-order chi connectivity index (χ0) is 16.9. The van der Waals surface area contributed by atoms with Gasteiger partial charge in [-0.3, -0.25) is 0 Å². The first kappa shape index (κ1) is 16.8. The fourth-order valence-electron chi connectivity index (χ4n) is 3.28. The van der Waals surface area contributed by atoms with E-state index in [0.717, 1.165) is 18.4 Å². The highest BCUT2D eigenvalue weighted by atomic mass is 35.5. The topological polar surface area (TPSA) is 52.6 Å². The Morgan fingerprint density at radius 3 is 2.75 bits per heavy atom.